The van der Waals surface area contributed by atoms with Gasteiger partial charge in [-0.05, 0) is 12.1 Å². The molecule has 0 saturated heterocycles. The second kappa shape index (κ2) is 4.37. The molecule has 0 aromatic heterocycles. The number of hydrogen-bond acceptors (Lipinski definition) is 4. The molecule has 0 atom stereocenters. The second-order valence-electron chi connectivity index (χ2n) is 2.12. The minimum Gasteiger partial charge on any atom is -0.501 e. The molecule has 0 fully saturated rings. The van der Waals surface area contributed by atoms with E-state index in [4.69, 9.17) is 10.1 Å². The lowest BCUT2D eigenvalue weighted by molar-refractivity contribution is 0.122. The van der Waals surface area contributed by atoms with Crippen LogP contribution in [0.4, 0.5) is 4.79 Å². The first kappa shape index (κ1) is 9.40. The number of carbonyl (C=O) groups is 1. The largest absolute Gasteiger partial charge is 0.789 e. The summed E-state index contributed by atoms with van der Waals surface area (Å²) in [5, 5.41) is 16.9. The molecule has 13 heavy (non-hydrogen) atoms. The maximum absolute atomic E-state index is 9.94. The van der Waals surface area contributed by atoms with Crippen molar-refractivity contribution in [3.63, 3.8) is 0 Å². The maximum Gasteiger partial charge on any atom is 0.789 e. The third-order valence-corrected chi connectivity index (χ3v) is 1.18. The van der Waals surface area contributed by atoms with Gasteiger partial charge in [-0.1, -0.05) is 18.2 Å². The molecule has 6 heteroatoms. The minimum atomic E-state index is -1.79. The van der Waals surface area contributed by atoms with Gasteiger partial charge in [-0.15, -0.1) is 0 Å². The Balaban J connectivity index is 2.45. The molecule has 0 saturated carbocycles. The molecule has 1 aromatic rings. The number of para-hydroxylation sites is 1. The SMILES string of the molecule is O=C(O)OB(O)Oc1ccccc1. The van der Waals surface area contributed by atoms with E-state index in [1.807, 2.05) is 0 Å². The van der Waals surface area contributed by atoms with Crippen LogP contribution in [0.3, 0.4) is 0 Å². The number of hydrogen-bond donors (Lipinski definition) is 2. The minimum absolute atomic E-state index is 0.330. The first-order chi connectivity index (χ1) is 6.18. The standard InChI is InChI=1S/C7H7BO5/c9-7(10)13-8(11)12-6-4-2-1-3-5-6/h1-5,11H,(H,9,10). The van der Waals surface area contributed by atoms with Crippen molar-refractivity contribution >= 4 is 13.5 Å². The first-order valence-corrected chi connectivity index (χ1v) is 3.48. The highest BCUT2D eigenvalue weighted by atomic mass is 16.7. The van der Waals surface area contributed by atoms with Crippen molar-refractivity contribution in [3.05, 3.63) is 30.3 Å². The lowest BCUT2D eigenvalue weighted by Crippen LogP contribution is -2.28. The van der Waals surface area contributed by atoms with Crippen LogP contribution in [0.15, 0.2) is 30.3 Å². The van der Waals surface area contributed by atoms with Crippen molar-refractivity contribution in [2.24, 2.45) is 0 Å². The van der Waals surface area contributed by atoms with Gasteiger partial charge >= 0.3 is 13.5 Å². The molecule has 0 unspecified atom stereocenters. The van der Waals surface area contributed by atoms with E-state index in [-0.39, 0.29) is 0 Å². The molecule has 0 spiro atoms. The van der Waals surface area contributed by atoms with Crippen LogP contribution in [-0.2, 0) is 4.65 Å². The predicted octanol–water partition coefficient (Wildman–Crippen LogP) is 0.737. The van der Waals surface area contributed by atoms with E-state index in [0.29, 0.717) is 5.75 Å². The van der Waals surface area contributed by atoms with Crippen molar-refractivity contribution in [2.75, 3.05) is 0 Å². The normalized spacial score (nSPS) is 9.00. The summed E-state index contributed by atoms with van der Waals surface area (Å²) in [7, 11) is -1.79. The summed E-state index contributed by atoms with van der Waals surface area (Å²) in [5.74, 6) is 0.330. The van der Waals surface area contributed by atoms with Gasteiger partial charge < -0.3 is 19.4 Å². The topological polar surface area (TPSA) is 76.0 Å². The molecule has 0 aliphatic carbocycles. The van der Waals surface area contributed by atoms with Gasteiger partial charge in [-0.3, -0.25) is 0 Å². The van der Waals surface area contributed by atoms with Crippen LogP contribution in [0, 0.1) is 0 Å². The third kappa shape index (κ3) is 3.48. The molecule has 0 aliphatic heterocycles. The van der Waals surface area contributed by atoms with Gasteiger partial charge in [0.05, 0.1) is 0 Å². The van der Waals surface area contributed by atoms with Crippen molar-refractivity contribution in [1.82, 2.24) is 0 Å². The molecule has 1 rings (SSSR count). The van der Waals surface area contributed by atoms with Gasteiger partial charge in [0.2, 0.25) is 0 Å². The van der Waals surface area contributed by atoms with E-state index < -0.39 is 13.5 Å². The average Bonchev–Trinajstić information content (AvgIpc) is 2.04. The maximum atomic E-state index is 9.94. The van der Waals surface area contributed by atoms with Crippen molar-refractivity contribution in [3.8, 4) is 5.75 Å². The van der Waals surface area contributed by atoms with E-state index in [0.717, 1.165) is 0 Å². The molecule has 0 aliphatic rings. The summed E-state index contributed by atoms with van der Waals surface area (Å²) < 4.78 is 8.58. The molecule has 0 amide bonds. The molecule has 0 heterocycles. The Hall–Kier alpha value is -1.69. The third-order valence-electron chi connectivity index (χ3n) is 1.18. The van der Waals surface area contributed by atoms with Gasteiger partial charge in [0.1, 0.15) is 5.75 Å². The Morgan fingerprint density at radius 2 is 1.92 bits per heavy atom. The second-order valence-corrected chi connectivity index (χ2v) is 2.12. The summed E-state index contributed by atoms with van der Waals surface area (Å²) in [5.41, 5.74) is 0. The first-order valence-electron chi connectivity index (χ1n) is 3.48. The number of benzene rings is 1. The molecular weight excluding hydrogens is 175 g/mol. The Labute approximate surface area is 74.7 Å². The van der Waals surface area contributed by atoms with Gasteiger partial charge in [0.15, 0.2) is 0 Å². The fraction of sp³-hybridized carbons (Fsp3) is 0. The Kier molecular flexibility index (Phi) is 3.16. The summed E-state index contributed by atoms with van der Waals surface area (Å²) in [6, 6.07) is 8.26. The summed E-state index contributed by atoms with van der Waals surface area (Å²) in [6.07, 6.45) is -1.59. The van der Waals surface area contributed by atoms with Crippen LogP contribution >= 0.6 is 0 Å². The van der Waals surface area contributed by atoms with E-state index in [1.54, 1.807) is 30.3 Å². The molecular formula is C7H7BO5. The Morgan fingerprint density at radius 3 is 2.46 bits per heavy atom. The van der Waals surface area contributed by atoms with E-state index in [2.05, 4.69) is 9.31 Å². The summed E-state index contributed by atoms with van der Waals surface area (Å²) in [6.45, 7) is 0. The fourth-order valence-electron chi connectivity index (χ4n) is 0.726. The molecule has 2 N–H and O–H groups in total. The number of rotatable bonds is 3. The summed E-state index contributed by atoms with van der Waals surface area (Å²) >= 11 is 0. The van der Waals surface area contributed by atoms with E-state index >= 15 is 0 Å². The zero-order chi connectivity index (χ0) is 9.68. The van der Waals surface area contributed by atoms with Gasteiger partial charge in [-0.2, -0.15) is 0 Å². The zero-order valence-corrected chi connectivity index (χ0v) is 6.58. The van der Waals surface area contributed by atoms with Gasteiger partial charge in [0, 0.05) is 0 Å². The molecule has 5 nitrogen and oxygen atoms in total. The van der Waals surface area contributed by atoms with Crippen LogP contribution in [0.2, 0.25) is 0 Å². The van der Waals surface area contributed by atoms with E-state index in [1.165, 1.54) is 0 Å². The Morgan fingerprint density at radius 1 is 1.31 bits per heavy atom. The highest BCUT2D eigenvalue weighted by Gasteiger charge is 2.23. The van der Waals surface area contributed by atoms with Gasteiger partial charge in [-0.25, -0.2) is 4.79 Å². The van der Waals surface area contributed by atoms with Crippen molar-refractivity contribution in [1.29, 1.82) is 0 Å². The van der Waals surface area contributed by atoms with Gasteiger partial charge in [0.25, 0.3) is 0 Å². The smallest absolute Gasteiger partial charge is 0.501 e. The van der Waals surface area contributed by atoms with Crippen molar-refractivity contribution < 1.29 is 24.2 Å². The lowest BCUT2D eigenvalue weighted by Gasteiger charge is -2.06. The van der Waals surface area contributed by atoms with Crippen LogP contribution in [0.25, 0.3) is 0 Å². The monoisotopic (exact) mass is 182 g/mol. The lowest BCUT2D eigenvalue weighted by atomic mass is 10.2. The molecule has 0 radical (unpaired) electrons. The van der Waals surface area contributed by atoms with Crippen LogP contribution in [-0.4, -0.2) is 23.6 Å². The van der Waals surface area contributed by atoms with Crippen LogP contribution < -0.4 is 4.65 Å². The van der Waals surface area contributed by atoms with Crippen LogP contribution in [0.5, 0.6) is 5.75 Å². The Bertz CT molecular complexity index is 275. The predicted molar refractivity (Wildman–Crippen MR) is 44.2 cm³/mol. The highest BCUT2D eigenvalue weighted by molar-refractivity contribution is 6.38. The molecule has 0 bridgehead atoms. The van der Waals surface area contributed by atoms with Crippen molar-refractivity contribution in [2.45, 2.75) is 0 Å². The molecule has 68 valence electrons. The summed E-state index contributed by atoms with van der Waals surface area (Å²) in [4.78, 5) is 9.94. The zero-order valence-electron chi connectivity index (χ0n) is 6.58. The highest BCUT2D eigenvalue weighted by Crippen LogP contribution is 2.08. The molecule has 1 aromatic carbocycles. The number of carboxylic acid groups (broad SMARTS) is 1. The average molecular weight is 182 g/mol. The fourth-order valence-corrected chi connectivity index (χ4v) is 0.726. The quantitative estimate of drug-likeness (QED) is 0.674. The van der Waals surface area contributed by atoms with E-state index in [9.17, 15) is 4.79 Å². The van der Waals surface area contributed by atoms with Crippen LogP contribution in [0.1, 0.15) is 0 Å².